The van der Waals surface area contributed by atoms with Gasteiger partial charge in [0.1, 0.15) is 5.75 Å². The SMILES string of the molecule is CCOc1ccc(NC(=O)CCc2c(C)nc(SC(F)F)nc2C)cc1. The molecule has 8 heteroatoms. The van der Waals surface area contributed by atoms with Crippen LogP contribution >= 0.6 is 11.8 Å². The molecule has 0 saturated carbocycles. The number of anilines is 1. The molecular formula is C18H21F2N3O2S. The van der Waals surface area contributed by atoms with Gasteiger partial charge in [0, 0.05) is 23.5 Å². The van der Waals surface area contributed by atoms with Gasteiger partial charge >= 0.3 is 0 Å². The summed E-state index contributed by atoms with van der Waals surface area (Å²) in [6.07, 6.45) is 0.694. The zero-order valence-electron chi connectivity index (χ0n) is 14.9. The Labute approximate surface area is 155 Å². The van der Waals surface area contributed by atoms with Crippen LogP contribution in [0.15, 0.2) is 29.4 Å². The summed E-state index contributed by atoms with van der Waals surface area (Å²) < 4.78 is 30.2. The summed E-state index contributed by atoms with van der Waals surface area (Å²) in [4.78, 5) is 20.3. The van der Waals surface area contributed by atoms with Crippen LogP contribution < -0.4 is 10.1 Å². The molecule has 0 atom stereocenters. The van der Waals surface area contributed by atoms with Gasteiger partial charge in [-0.05, 0) is 68.8 Å². The number of thioether (sulfide) groups is 1. The number of nitrogens with one attached hydrogen (secondary N) is 1. The molecule has 1 heterocycles. The summed E-state index contributed by atoms with van der Waals surface area (Å²) >= 11 is 0.321. The third-order valence-corrected chi connectivity index (χ3v) is 4.22. The summed E-state index contributed by atoms with van der Waals surface area (Å²) in [7, 11) is 0. The van der Waals surface area contributed by atoms with E-state index < -0.39 is 5.76 Å². The van der Waals surface area contributed by atoms with Crippen LogP contribution in [0.3, 0.4) is 0 Å². The lowest BCUT2D eigenvalue weighted by Gasteiger charge is -2.11. The normalized spacial score (nSPS) is 10.8. The first-order valence-electron chi connectivity index (χ1n) is 8.20. The van der Waals surface area contributed by atoms with Crippen molar-refractivity contribution < 1.29 is 18.3 Å². The molecule has 26 heavy (non-hydrogen) atoms. The summed E-state index contributed by atoms with van der Waals surface area (Å²) in [6, 6.07) is 7.14. The number of carbonyl (C=O) groups excluding carboxylic acids is 1. The van der Waals surface area contributed by atoms with Gasteiger partial charge in [0.15, 0.2) is 5.16 Å². The van der Waals surface area contributed by atoms with Gasteiger partial charge in [0.25, 0.3) is 5.76 Å². The van der Waals surface area contributed by atoms with Crippen LogP contribution in [0.2, 0.25) is 0 Å². The van der Waals surface area contributed by atoms with Crippen molar-refractivity contribution in [2.75, 3.05) is 11.9 Å². The largest absolute Gasteiger partial charge is 0.494 e. The average Bonchev–Trinajstić information content (AvgIpc) is 2.55. The lowest BCUT2D eigenvalue weighted by Crippen LogP contribution is -2.13. The van der Waals surface area contributed by atoms with Crippen LogP contribution in [-0.2, 0) is 11.2 Å². The maximum absolute atomic E-state index is 12.4. The molecule has 1 N–H and O–H groups in total. The second-order valence-electron chi connectivity index (χ2n) is 5.54. The molecule has 140 valence electrons. The average molecular weight is 381 g/mol. The summed E-state index contributed by atoms with van der Waals surface area (Å²) in [5.41, 5.74) is 2.74. The van der Waals surface area contributed by atoms with Crippen molar-refractivity contribution in [2.24, 2.45) is 0 Å². The van der Waals surface area contributed by atoms with E-state index in [9.17, 15) is 13.6 Å². The number of benzene rings is 1. The number of aryl methyl sites for hydroxylation is 2. The molecule has 1 amide bonds. The summed E-state index contributed by atoms with van der Waals surface area (Å²) in [5, 5.41) is 2.87. The Morgan fingerprint density at radius 3 is 2.35 bits per heavy atom. The van der Waals surface area contributed by atoms with Gasteiger partial charge in [-0.3, -0.25) is 4.79 Å². The van der Waals surface area contributed by atoms with Crippen LogP contribution in [0.4, 0.5) is 14.5 Å². The molecular weight excluding hydrogens is 360 g/mol. The number of hydrogen-bond acceptors (Lipinski definition) is 5. The zero-order chi connectivity index (χ0) is 19.1. The minimum atomic E-state index is -2.56. The number of ether oxygens (including phenoxy) is 1. The van der Waals surface area contributed by atoms with E-state index in [2.05, 4.69) is 15.3 Å². The predicted octanol–water partition coefficient (Wildman–Crippen LogP) is 4.38. The van der Waals surface area contributed by atoms with Gasteiger partial charge in [0.05, 0.1) is 6.61 Å². The smallest absolute Gasteiger partial charge is 0.291 e. The molecule has 0 radical (unpaired) electrons. The molecule has 0 spiro atoms. The highest BCUT2D eigenvalue weighted by atomic mass is 32.2. The third kappa shape index (κ3) is 5.94. The molecule has 0 unspecified atom stereocenters. The van der Waals surface area contributed by atoms with Gasteiger partial charge in [-0.25, -0.2) is 9.97 Å². The van der Waals surface area contributed by atoms with E-state index in [1.54, 1.807) is 38.1 Å². The first-order valence-corrected chi connectivity index (χ1v) is 9.08. The number of carbonyl (C=O) groups is 1. The number of hydrogen-bond donors (Lipinski definition) is 1. The molecule has 0 bridgehead atoms. The fourth-order valence-corrected chi connectivity index (χ4v) is 3.00. The minimum Gasteiger partial charge on any atom is -0.494 e. The highest BCUT2D eigenvalue weighted by Crippen LogP contribution is 2.24. The molecule has 0 fully saturated rings. The maximum atomic E-state index is 12.4. The molecule has 1 aromatic heterocycles. The monoisotopic (exact) mass is 381 g/mol. The summed E-state index contributed by atoms with van der Waals surface area (Å²) in [5.74, 6) is -1.95. The Bertz CT molecular complexity index is 732. The minimum absolute atomic E-state index is 0.0533. The topological polar surface area (TPSA) is 64.1 Å². The molecule has 1 aromatic carbocycles. The Kier molecular flexibility index (Phi) is 7.32. The standard InChI is InChI=1S/C18H21F2N3O2S/c1-4-25-14-7-5-13(6-8-14)23-16(24)10-9-15-11(2)21-18(22-12(15)3)26-17(19)20/h5-8,17H,4,9-10H2,1-3H3,(H,23,24). The van der Waals surface area contributed by atoms with Crippen molar-refractivity contribution in [2.45, 2.75) is 44.5 Å². The van der Waals surface area contributed by atoms with Crippen molar-refractivity contribution in [1.29, 1.82) is 0 Å². The van der Waals surface area contributed by atoms with Crippen LogP contribution in [0.1, 0.15) is 30.3 Å². The Morgan fingerprint density at radius 2 is 1.81 bits per heavy atom. The van der Waals surface area contributed by atoms with Crippen LogP contribution in [0.5, 0.6) is 5.75 Å². The van der Waals surface area contributed by atoms with Crippen LogP contribution in [0.25, 0.3) is 0 Å². The Balaban J connectivity index is 1.94. The van der Waals surface area contributed by atoms with Gasteiger partial charge in [-0.1, -0.05) is 0 Å². The molecule has 0 aliphatic carbocycles. The first-order chi connectivity index (χ1) is 12.4. The van der Waals surface area contributed by atoms with Crippen LogP contribution in [0, 0.1) is 13.8 Å². The predicted molar refractivity (Wildman–Crippen MR) is 97.9 cm³/mol. The Morgan fingerprint density at radius 1 is 1.19 bits per heavy atom. The molecule has 0 aliphatic rings. The first kappa shape index (κ1) is 20.1. The lowest BCUT2D eigenvalue weighted by molar-refractivity contribution is -0.116. The van der Waals surface area contributed by atoms with Crippen molar-refractivity contribution in [1.82, 2.24) is 9.97 Å². The number of nitrogens with zero attached hydrogens (tertiary/aromatic N) is 2. The van der Waals surface area contributed by atoms with Crippen molar-refractivity contribution >= 4 is 23.4 Å². The Hall–Kier alpha value is -2.22. The van der Waals surface area contributed by atoms with Crippen molar-refractivity contribution in [3.05, 3.63) is 41.2 Å². The van der Waals surface area contributed by atoms with Gasteiger partial charge in [-0.15, -0.1) is 0 Å². The quantitative estimate of drug-likeness (QED) is 0.543. The highest BCUT2D eigenvalue weighted by molar-refractivity contribution is 7.99. The molecule has 0 saturated heterocycles. The maximum Gasteiger partial charge on any atom is 0.291 e. The van der Waals surface area contributed by atoms with E-state index >= 15 is 0 Å². The van der Waals surface area contributed by atoms with E-state index in [0.29, 0.717) is 41.9 Å². The molecule has 5 nitrogen and oxygen atoms in total. The van der Waals surface area contributed by atoms with E-state index in [-0.39, 0.29) is 17.5 Å². The van der Waals surface area contributed by atoms with E-state index in [1.165, 1.54) is 0 Å². The molecule has 2 aromatic rings. The van der Waals surface area contributed by atoms with Crippen molar-refractivity contribution in [3.63, 3.8) is 0 Å². The van der Waals surface area contributed by atoms with E-state index in [0.717, 1.165) is 11.3 Å². The third-order valence-electron chi connectivity index (χ3n) is 3.65. The number of halogens is 2. The second kappa shape index (κ2) is 9.47. The van der Waals surface area contributed by atoms with Crippen LogP contribution in [-0.4, -0.2) is 28.2 Å². The van der Waals surface area contributed by atoms with Gasteiger partial charge in [-0.2, -0.15) is 8.78 Å². The van der Waals surface area contributed by atoms with E-state index in [1.807, 2.05) is 6.92 Å². The fourth-order valence-electron chi connectivity index (χ4n) is 2.47. The number of aromatic nitrogens is 2. The van der Waals surface area contributed by atoms with E-state index in [4.69, 9.17) is 4.74 Å². The number of rotatable bonds is 8. The summed E-state index contributed by atoms with van der Waals surface area (Å²) in [6.45, 7) is 5.97. The lowest BCUT2D eigenvalue weighted by atomic mass is 10.1. The van der Waals surface area contributed by atoms with Gasteiger partial charge < -0.3 is 10.1 Å². The number of alkyl halides is 2. The molecule has 2 rings (SSSR count). The number of amides is 1. The van der Waals surface area contributed by atoms with Crippen molar-refractivity contribution in [3.8, 4) is 5.75 Å². The second-order valence-corrected chi connectivity index (χ2v) is 6.50. The zero-order valence-corrected chi connectivity index (χ0v) is 15.7. The van der Waals surface area contributed by atoms with Gasteiger partial charge in [0.2, 0.25) is 5.91 Å². The highest BCUT2D eigenvalue weighted by Gasteiger charge is 2.14. The molecule has 0 aliphatic heterocycles. The fraction of sp³-hybridized carbons (Fsp3) is 0.389.